The van der Waals surface area contributed by atoms with Gasteiger partial charge in [0.2, 0.25) is 0 Å². The molecule has 0 radical (unpaired) electrons. The Morgan fingerprint density at radius 2 is 0.826 bits per heavy atom. The van der Waals surface area contributed by atoms with Crippen molar-refractivity contribution in [3.63, 3.8) is 0 Å². The normalized spacial score (nSPS) is 15.0. The quantitative estimate of drug-likeness (QED) is 0.116. The van der Waals surface area contributed by atoms with Crippen LogP contribution in [0.2, 0.25) is 0 Å². The summed E-state index contributed by atoms with van der Waals surface area (Å²) in [5.41, 5.74) is 4.50. The van der Waals surface area contributed by atoms with Crippen LogP contribution >= 0.6 is 0 Å². The zero-order valence-electron chi connectivity index (χ0n) is 27.9. The second kappa shape index (κ2) is 16.7. The summed E-state index contributed by atoms with van der Waals surface area (Å²) in [6.45, 7) is 13.1. The van der Waals surface area contributed by atoms with Crippen LogP contribution in [0.3, 0.4) is 0 Å². The van der Waals surface area contributed by atoms with Crippen molar-refractivity contribution >= 4 is 0 Å². The zero-order chi connectivity index (χ0) is 33.1. The van der Waals surface area contributed by atoms with Crippen LogP contribution in [0.15, 0.2) is 122 Å². The van der Waals surface area contributed by atoms with E-state index in [2.05, 4.69) is 98.3 Å². The maximum Gasteiger partial charge on any atom is 0.161 e. The molecule has 0 spiro atoms. The third-order valence-electron chi connectivity index (χ3n) is 8.74. The Morgan fingerprint density at radius 3 is 1.13 bits per heavy atom. The highest BCUT2D eigenvalue weighted by Crippen LogP contribution is 2.39. The van der Waals surface area contributed by atoms with Gasteiger partial charge in [0.15, 0.2) is 23.0 Å². The van der Waals surface area contributed by atoms with E-state index in [4.69, 9.17) is 18.9 Å². The largest absolute Gasteiger partial charge is 0.493 e. The molecule has 0 amide bonds. The molecule has 46 heavy (non-hydrogen) atoms. The summed E-state index contributed by atoms with van der Waals surface area (Å²) < 4.78 is 22.6. The zero-order valence-corrected chi connectivity index (χ0v) is 27.9. The van der Waals surface area contributed by atoms with E-state index in [0.29, 0.717) is 23.0 Å². The minimum absolute atomic E-state index is 0.0287. The number of hydrogen-bond acceptors (Lipinski definition) is 6. The lowest BCUT2D eigenvalue weighted by molar-refractivity contribution is 0.285. The van der Waals surface area contributed by atoms with Crippen molar-refractivity contribution in [1.82, 2.24) is 10.6 Å². The Kier molecular flexibility index (Phi) is 12.5. The maximum absolute atomic E-state index is 5.73. The Labute approximate surface area is 275 Å². The van der Waals surface area contributed by atoms with Crippen molar-refractivity contribution in [3.05, 3.63) is 145 Å². The van der Waals surface area contributed by atoms with Crippen LogP contribution in [0.1, 0.15) is 60.0 Å². The molecule has 4 aromatic carbocycles. The van der Waals surface area contributed by atoms with Crippen molar-refractivity contribution < 1.29 is 18.9 Å². The summed E-state index contributed by atoms with van der Waals surface area (Å²) in [4.78, 5) is 0. The first-order valence-electron chi connectivity index (χ1n) is 15.7. The van der Waals surface area contributed by atoms with Gasteiger partial charge in [-0.1, -0.05) is 84.9 Å². The van der Waals surface area contributed by atoms with Gasteiger partial charge in [-0.15, -0.1) is 13.2 Å². The van der Waals surface area contributed by atoms with Gasteiger partial charge in [0, 0.05) is 36.0 Å². The molecule has 0 aliphatic rings. The monoisotopic (exact) mass is 620 g/mol. The molecule has 6 nitrogen and oxygen atoms in total. The average Bonchev–Trinajstić information content (AvgIpc) is 3.11. The number of benzene rings is 4. The number of hydrogen-bond donors (Lipinski definition) is 2. The van der Waals surface area contributed by atoms with Gasteiger partial charge < -0.3 is 29.6 Å². The summed E-state index contributed by atoms with van der Waals surface area (Å²) in [6.07, 6.45) is 4.04. The summed E-state index contributed by atoms with van der Waals surface area (Å²) in [6, 6.07) is 32.9. The predicted molar refractivity (Wildman–Crippen MR) is 189 cm³/mol. The van der Waals surface area contributed by atoms with Crippen LogP contribution in [-0.4, -0.2) is 40.5 Å². The van der Waals surface area contributed by atoms with E-state index in [0.717, 1.165) is 11.1 Å². The van der Waals surface area contributed by atoms with Crippen molar-refractivity contribution in [1.29, 1.82) is 0 Å². The van der Waals surface area contributed by atoms with Crippen molar-refractivity contribution in [3.8, 4) is 23.0 Å². The Hall–Kier alpha value is -4.52. The molecule has 0 bridgehead atoms. The fraction of sp³-hybridized carbons (Fsp3) is 0.300. The van der Waals surface area contributed by atoms with E-state index in [1.165, 1.54) is 11.1 Å². The van der Waals surface area contributed by atoms with Gasteiger partial charge in [-0.3, -0.25) is 0 Å². The van der Waals surface area contributed by atoms with Gasteiger partial charge in [0.05, 0.1) is 28.4 Å². The first-order valence-corrected chi connectivity index (χ1v) is 15.7. The molecule has 0 saturated carbocycles. The maximum atomic E-state index is 5.73. The fourth-order valence-electron chi connectivity index (χ4n) is 6.22. The van der Waals surface area contributed by atoms with Gasteiger partial charge in [-0.25, -0.2) is 0 Å². The van der Waals surface area contributed by atoms with Crippen LogP contribution in [-0.2, 0) is 0 Å². The van der Waals surface area contributed by atoms with Gasteiger partial charge in [-0.2, -0.15) is 0 Å². The number of ether oxygens (including phenoxy) is 4. The van der Waals surface area contributed by atoms with Gasteiger partial charge in [-0.05, 0) is 60.4 Å². The van der Waals surface area contributed by atoms with Crippen LogP contribution in [0.4, 0.5) is 0 Å². The van der Waals surface area contributed by atoms with E-state index < -0.39 is 0 Å². The average molecular weight is 621 g/mol. The predicted octanol–water partition coefficient (Wildman–Crippen LogP) is 8.40. The SMILES string of the molecule is C=C[C@H](c1ccc(OC)c(OC)c1)[C@@H](N[C@@H](C)c1ccccc1)[C@H](N[C@@H](C)c1ccccc1)[C@H](C=C)c1ccc(OC)c(OC)c1. The molecule has 4 aromatic rings. The minimum Gasteiger partial charge on any atom is -0.493 e. The number of nitrogens with one attached hydrogen (secondary N) is 2. The molecule has 4 rings (SSSR count). The van der Waals surface area contributed by atoms with E-state index >= 15 is 0 Å². The molecule has 0 fully saturated rings. The van der Waals surface area contributed by atoms with E-state index in [9.17, 15) is 0 Å². The second-order valence-electron chi connectivity index (χ2n) is 11.4. The molecular weight excluding hydrogens is 572 g/mol. The topological polar surface area (TPSA) is 61.0 Å². The van der Waals surface area contributed by atoms with Crippen LogP contribution in [0.25, 0.3) is 0 Å². The lowest BCUT2D eigenvalue weighted by atomic mass is 9.78. The minimum atomic E-state index is -0.159. The molecule has 0 aromatic heterocycles. The van der Waals surface area contributed by atoms with Gasteiger partial charge in [0.1, 0.15) is 0 Å². The van der Waals surface area contributed by atoms with Gasteiger partial charge in [0.25, 0.3) is 0 Å². The smallest absolute Gasteiger partial charge is 0.161 e. The summed E-state index contributed by atoms with van der Waals surface area (Å²) in [7, 11) is 6.62. The van der Waals surface area contributed by atoms with Crippen LogP contribution in [0.5, 0.6) is 23.0 Å². The first-order chi connectivity index (χ1) is 22.4. The molecule has 2 N–H and O–H groups in total. The summed E-state index contributed by atoms with van der Waals surface area (Å²) in [5.74, 6) is 2.44. The molecule has 6 heteroatoms. The molecule has 0 heterocycles. The van der Waals surface area contributed by atoms with Gasteiger partial charge >= 0.3 is 0 Å². The highest BCUT2D eigenvalue weighted by atomic mass is 16.5. The third-order valence-corrected chi connectivity index (χ3v) is 8.74. The summed E-state index contributed by atoms with van der Waals surface area (Å²) >= 11 is 0. The van der Waals surface area contributed by atoms with Crippen molar-refractivity contribution in [2.24, 2.45) is 0 Å². The molecule has 0 unspecified atom stereocenters. The Morgan fingerprint density at radius 1 is 0.478 bits per heavy atom. The molecule has 6 atom stereocenters. The highest BCUT2D eigenvalue weighted by molar-refractivity contribution is 5.47. The molecule has 242 valence electrons. The van der Waals surface area contributed by atoms with Crippen molar-refractivity contribution in [2.45, 2.75) is 49.9 Å². The number of rotatable bonds is 17. The van der Waals surface area contributed by atoms with E-state index in [1.54, 1.807) is 28.4 Å². The standard InChI is InChI=1S/C40H48N2O4/c1-9-33(31-21-23-35(43-5)37(25-31)45-7)39(41-27(3)29-17-13-11-14-18-29)40(42-28(4)30-19-15-12-16-20-30)34(10-2)32-22-24-36(44-6)38(26-32)46-8/h9-28,33-34,39-42H,1-2H2,3-8H3/t27-,28-,33+,34+,39+,40+/m0/s1. The third kappa shape index (κ3) is 8.00. The lowest BCUT2D eigenvalue weighted by Crippen LogP contribution is -2.54. The first kappa shape index (κ1) is 34.4. The number of methoxy groups -OCH3 is 4. The highest BCUT2D eigenvalue weighted by Gasteiger charge is 2.36. The molecule has 0 aliphatic carbocycles. The molecule has 0 aliphatic heterocycles. The Bertz CT molecular complexity index is 1420. The van der Waals surface area contributed by atoms with E-state index in [-0.39, 0.29) is 36.0 Å². The molecule has 0 saturated heterocycles. The summed E-state index contributed by atoms with van der Waals surface area (Å²) in [5, 5.41) is 8.06. The fourth-order valence-corrected chi connectivity index (χ4v) is 6.22. The van der Waals surface area contributed by atoms with E-state index in [1.807, 2.05) is 48.6 Å². The lowest BCUT2D eigenvalue weighted by Gasteiger charge is -2.41. The Balaban J connectivity index is 1.90. The van der Waals surface area contributed by atoms with Crippen LogP contribution in [0, 0.1) is 0 Å². The second-order valence-corrected chi connectivity index (χ2v) is 11.4. The van der Waals surface area contributed by atoms with Crippen LogP contribution < -0.4 is 29.6 Å². The van der Waals surface area contributed by atoms with Crippen molar-refractivity contribution in [2.75, 3.05) is 28.4 Å². The molecular formula is C40H48N2O4.